The second-order valence-electron chi connectivity index (χ2n) is 7.21. The average molecular weight is 384 g/mol. The topological polar surface area (TPSA) is 107 Å². The van der Waals surface area contributed by atoms with Crippen LogP contribution in [0.2, 0.25) is 0 Å². The molecule has 0 saturated carbocycles. The number of carbonyl (C=O) groups excluding carboxylic acids is 2. The minimum absolute atomic E-state index is 0.107. The number of nitrogens with zero attached hydrogens (tertiary/aromatic N) is 3. The second-order valence-corrected chi connectivity index (χ2v) is 7.21. The number of likely N-dealkylation sites (N-methyl/N-ethyl adjacent to an activating group) is 1. The van der Waals surface area contributed by atoms with E-state index in [0.717, 1.165) is 11.1 Å². The first kappa shape index (κ1) is 19.6. The molecule has 8 heteroatoms. The van der Waals surface area contributed by atoms with Crippen LogP contribution >= 0.6 is 0 Å². The van der Waals surface area contributed by atoms with Gasteiger partial charge in [-0.05, 0) is 25.8 Å². The third kappa shape index (κ3) is 4.39. The number of aromatic nitrogens is 2. The van der Waals surface area contributed by atoms with Crippen LogP contribution in [0.5, 0.6) is 0 Å². The molecule has 2 N–H and O–H groups in total. The zero-order chi connectivity index (χ0) is 20.3. The van der Waals surface area contributed by atoms with Crippen molar-refractivity contribution in [2.24, 2.45) is 5.92 Å². The van der Waals surface area contributed by atoms with E-state index in [1.807, 2.05) is 31.2 Å². The largest absolute Gasteiger partial charge is 0.481 e. The first-order chi connectivity index (χ1) is 13.3. The molecule has 0 aliphatic carbocycles. The molecule has 1 saturated heterocycles. The van der Waals surface area contributed by atoms with Crippen molar-refractivity contribution in [1.82, 2.24) is 20.0 Å². The van der Waals surface area contributed by atoms with Crippen molar-refractivity contribution in [2.45, 2.75) is 19.8 Å². The maximum Gasteiger partial charge on any atom is 0.308 e. The molecule has 0 bridgehead atoms. The van der Waals surface area contributed by atoms with Crippen molar-refractivity contribution in [2.75, 3.05) is 26.7 Å². The van der Waals surface area contributed by atoms with Gasteiger partial charge in [-0.25, -0.2) is 0 Å². The monoisotopic (exact) mass is 384 g/mol. The highest BCUT2D eigenvalue weighted by Crippen LogP contribution is 2.19. The van der Waals surface area contributed by atoms with Crippen LogP contribution in [0, 0.1) is 12.8 Å². The number of hydrogen-bond donors (Lipinski definition) is 2. The summed E-state index contributed by atoms with van der Waals surface area (Å²) in [6.07, 6.45) is 1.23. The lowest BCUT2D eigenvalue weighted by Gasteiger charge is -2.31. The highest BCUT2D eigenvalue weighted by atomic mass is 16.4. The molecule has 8 nitrogen and oxygen atoms in total. The fraction of sp³-hybridized carbons (Fsp3) is 0.400. The van der Waals surface area contributed by atoms with Gasteiger partial charge in [0.05, 0.1) is 18.2 Å². The maximum atomic E-state index is 12.6. The summed E-state index contributed by atoms with van der Waals surface area (Å²) in [6, 6.07) is 9.47. The van der Waals surface area contributed by atoms with Gasteiger partial charge in [0.15, 0.2) is 0 Å². The number of aryl methyl sites for hydroxylation is 1. The van der Waals surface area contributed by atoms with E-state index < -0.39 is 11.9 Å². The molecular formula is C20H24N4O4. The van der Waals surface area contributed by atoms with Crippen molar-refractivity contribution in [3.63, 3.8) is 0 Å². The van der Waals surface area contributed by atoms with Crippen LogP contribution in [-0.4, -0.2) is 69.6 Å². The zero-order valence-corrected chi connectivity index (χ0v) is 16.0. The van der Waals surface area contributed by atoms with Crippen LogP contribution in [0.15, 0.2) is 30.3 Å². The predicted molar refractivity (Wildman–Crippen MR) is 103 cm³/mol. The quantitative estimate of drug-likeness (QED) is 0.817. The Hall–Kier alpha value is -3.16. The number of carboxylic acids is 1. The van der Waals surface area contributed by atoms with Gasteiger partial charge in [-0.1, -0.05) is 29.8 Å². The summed E-state index contributed by atoms with van der Waals surface area (Å²) in [5.41, 5.74) is 2.99. The number of aromatic amines is 1. The van der Waals surface area contributed by atoms with Gasteiger partial charge in [-0.15, -0.1) is 0 Å². The van der Waals surface area contributed by atoms with E-state index in [1.54, 1.807) is 13.1 Å². The van der Waals surface area contributed by atoms with Crippen LogP contribution in [0.3, 0.4) is 0 Å². The summed E-state index contributed by atoms with van der Waals surface area (Å²) in [6.45, 7) is 2.60. The lowest BCUT2D eigenvalue weighted by molar-refractivity contribution is -0.145. The number of piperidine rings is 1. The average Bonchev–Trinajstić information content (AvgIpc) is 3.18. The van der Waals surface area contributed by atoms with Crippen molar-refractivity contribution in [1.29, 1.82) is 0 Å². The fourth-order valence-electron chi connectivity index (χ4n) is 3.29. The second kappa shape index (κ2) is 8.24. The molecule has 1 aliphatic rings. The number of carboxylic acid groups (broad SMARTS) is 1. The summed E-state index contributed by atoms with van der Waals surface area (Å²) in [5, 5.41) is 16.1. The number of H-pyrrole nitrogens is 1. The molecule has 3 rings (SSSR count). The van der Waals surface area contributed by atoms with E-state index in [4.69, 9.17) is 5.11 Å². The molecule has 1 unspecified atom stereocenters. The smallest absolute Gasteiger partial charge is 0.308 e. The Morgan fingerprint density at radius 2 is 2.00 bits per heavy atom. The van der Waals surface area contributed by atoms with Gasteiger partial charge in [0, 0.05) is 25.7 Å². The molecule has 1 aromatic heterocycles. The third-order valence-corrected chi connectivity index (χ3v) is 5.00. The SMILES string of the molecule is Cc1ccc(-c2cc(C(=O)N(C)CC(=O)N3CCCC(C(=O)O)C3)[nH]n2)cc1. The first-order valence-corrected chi connectivity index (χ1v) is 9.23. The van der Waals surface area contributed by atoms with E-state index in [9.17, 15) is 14.4 Å². The number of aliphatic carboxylic acids is 1. The van der Waals surface area contributed by atoms with E-state index in [-0.39, 0.29) is 24.9 Å². The van der Waals surface area contributed by atoms with Gasteiger partial charge in [-0.3, -0.25) is 19.5 Å². The third-order valence-electron chi connectivity index (χ3n) is 5.00. The lowest BCUT2D eigenvalue weighted by Crippen LogP contribution is -2.46. The van der Waals surface area contributed by atoms with Gasteiger partial charge in [0.25, 0.3) is 5.91 Å². The Labute approximate surface area is 163 Å². The Morgan fingerprint density at radius 3 is 2.68 bits per heavy atom. The van der Waals surface area contributed by atoms with E-state index in [0.29, 0.717) is 30.8 Å². The first-order valence-electron chi connectivity index (χ1n) is 9.23. The van der Waals surface area contributed by atoms with Gasteiger partial charge in [0.2, 0.25) is 5.91 Å². The van der Waals surface area contributed by atoms with Crippen molar-refractivity contribution < 1.29 is 19.5 Å². The Balaban J connectivity index is 1.62. The van der Waals surface area contributed by atoms with Crippen LogP contribution in [0.25, 0.3) is 11.3 Å². The Bertz CT molecular complexity index is 875. The molecule has 2 amide bonds. The number of likely N-dealkylation sites (tertiary alicyclic amines) is 1. The van der Waals surface area contributed by atoms with Gasteiger partial charge < -0.3 is 14.9 Å². The number of rotatable bonds is 5. The Morgan fingerprint density at radius 1 is 1.29 bits per heavy atom. The van der Waals surface area contributed by atoms with E-state index in [1.165, 1.54) is 9.80 Å². The summed E-state index contributed by atoms with van der Waals surface area (Å²) in [4.78, 5) is 39.1. The molecule has 2 heterocycles. The standard InChI is InChI=1S/C20H24N4O4/c1-13-5-7-14(8-6-13)16-10-17(22-21-16)19(26)23(2)12-18(25)24-9-3-4-15(11-24)20(27)28/h5-8,10,15H,3-4,9,11-12H2,1-2H3,(H,21,22)(H,27,28). The molecule has 0 radical (unpaired) electrons. The number of benzene rings is 1. The minimum Gasteiger partial charge on any atom is -0.481 e. The molecule has 148 valence electrons. The number of nitrogens with one attached hydrogen (secondary N) is 1. The molecule has 2 aromatic rings. The molecule has 1 fully saturated rings. The van der Waals surface area contributed by atoms with Crippen molar-refractivity contribution in [3.05, 3.63) is 41.6 Å². The van der Waals surface area contributed by atoms with Crippen LogP contribution < -0.4 is 0 Å². The highest BCUT2D eigenvalue weighted by molar-refractivity contribution is 5.95. The number of amides is 2. The maximum absolute atomic E-state index is 12.6. The molecular weight excluding hydrogens is 360 g/mol. The summed E-state index contributed by atoms with van der Waals surface area (Å²) in [5.74, 6) is -2.02. The zero-order valence-electron chi connectivity index (χ0n) is 16.0. The van der Waals surface area contributed by atoms with Gasteiger partial charge in [0.1, 0.15) is 5.69 Å². The van der Waals surface area contributed by atoms with Gasteiger partial charge >= 0.3 is 5.97 Å². The normalized spacial score (nSPS) is 16.6. The van der Waals surface area contributed by atoms with E-state index >= 15 is 0 Å². The molecule has 1 aromatic carbocycles. The fourth-order valence-corrected chi connectivity index (χ4v) is 3.29. The molecule has 1 atom stereocenters. The van der Waals surface area contributed by atoms with Crippen molar-refractivity contribution in [3.8, 4) is 11.3 Å². The van der Waals surface area contributed by atoms with Crippen molar-refractivity contribution >= 4 is 17.8 Å². The van der Waals surface area contributed by atoms with Crippen LogP contribution in [0.4, 0.5) is 0 Å². The highest BCUT2D eigenvalue weighted by Gasteiger charge is 2.29. The molecule has 1 aliphatic heterocycles. The molecule has 0 spiro atoms. The van der Waals surface area contributed by atoms with Gasteiger partial charge in [-0.2, -0.15) is 5.10 Å². The number of hydrogen-bond acceptors (Lipinski definition) is 4. The predicted octanol–water partition coefficient (Wildman–Crippen LogP) is 1.78. The summed E-state index contributed by atoms with van der Waals surface area (Å²) in [7, 11) is 1.55. The minimum atomic E-state index is -0.886. The van der Waals surface area contributed by atoms with Crippen LogP contribution in [-0.2, 0) is 9.59 Å². The lowest BCUT2D eigenvalue weighted by atomic mass is 9.98. The molecule has 28 heavy (non-hydrogen) atoms. The summed E-state index contributed by atoms with van der Waals surface area (Å²) < 4.78 is 0. The summed E-state index contributed by atoms with van der Waals surface area (Å²) >= 11 is 0. The van der Waals surface area contributed by atoms with E-state index in [2.05, 4.69) is 10.2 Å². The number of carbonyl (C=O) groups is 3. The van der Waals surface area contributed by atoms with Crippen LogP contribution in [0.1, 0.15) is 28.9 Å². The Kier molecular flexibility index (Phi) is 5.77.